The summed E-state index contributed by atoms with van der Waals surface area (Å²) in [5.41, 5.74) is -2.13. The minimum atomic E-state index is -5.83. The number of hydrogen-bond acceptors (Lipinski definition) is 20. The summed E-state index contributed by atoms with van der Waals surface area (Å²) >= 11 is 1.85. The standard InChI is InChI=1S/C32H52N7O19P3S.4C6H15N/c40-23(10-2-1-5-13-33-24(41)11-4-3-9-22-26-20(18-62-22)36-31(46)37-26)35-15-7-12-25(42)34-14-6-8-19-16-39(32(47)38-29(19)45)30-28(44)27(43)21(56-30)17-55-60(51,52)58-61(53,54)57-59(48,49)50;4*1-4-7(5-2)6-3/h6,8,16,20-22,26-28,30,43-44H,1-5,7,9-15,17-18H2,(H,33,41)(H,34,42)(H,35,40)(H,51,52)(H,53,54)(H2,36,37,46)(H,38,45,47)(H2,48,49,50);4*4-6H2,1-3H3/b8-6+;;;;/t20-,21-,22-,26-,27-,28-,30-;;;;/m1..../s1. The first-order chi connectivity index (χ1) is 42.5. The normalized spacial score (nSPS) is 20.7. The van der Waals surface area contributed by atoms with Crippen LogP contribution in [0.2, 0.25) is 0 Å². The van der Waals surface area contributed by atoms with Crippen LogP contribution in [0.1, 0.15) is 159 Å². The lowest BCUT2D eigenvalue weighted by Crippen LogP contribution is -2.38. The molecule has 0 spiro atoms. The first kappa shape index (κ1) is 86.6. The molecule has 30 nitrogen and oxygen atoms in total. The number of carbonyl (C=O) groups excluding carboxylic acids is 4. The van der Waals surface area contributed by atoms with Crippen molar-refractivity contribution in [2.45, 2.75) is 189 Å². The second-order valence-corrected chi connectivity index (χ2v) is 26.5. The fraction of sp³-hybridized carbons (Fsp3) is 0.821. The molecule has 2 unspecified atom stereocenters. The zero-order valence-electron chi connectivity index (χ0n) is 55.3. The van der Waals surface area contributed by atoms with E-state index in [2.05, 4.69) is 142 Å². The molecule has 3 aliphatic rings. The first-order valence-electron chi connectivity index (χ1n) is 31.7. The highest BCUT2D eigenvalue weighted by molar-refractivity contribution is 8.00. The van der Waals surface area contributed by atoms with E-state index in [4.69, 9.17) is 14.5 Å². The maximum absolute atomic E-state index is 12.5. The number of ether oxygens (including phenoxy) is 1. The van der Waals surface area contributed by atoms with Crippen LogP contribution < -0.4 is 37.8 Å². The topological polar surface area (TPSA) is 406 Å². The van der Waals surface area contributed by atoms with Crippen LogP contribution in [0.3, 0.4) is 0 Å². The van der Waals surface area contributed by atoms with Crippen LogP contribution in [0.4, 0.5) is 4.79 Å². The van der Waals surface area contributed by atoms with Gasteiger partial charge in [-0.1, -0.05) is 108 Å². The third kappa shape index (κ3) is 37.5. The van der Waals surface area contributed by atoms with E-state index in [9.17, 15) is 62.5 Å². The van der Waals surface area contributed by atoms with Crippen LogP contribution in [0.5, 0.6) is 0 Å². The summed E-state index contributed by atoms with van der Waals surface area (Å²) < 4.78 is 52.0. The van der Waals surface area contributed by atoms with Crippen LogP contribution in [0.25, 0.3) is 6.08 Å². The van der Waals surface area contributed by atoms with Gasteiger partial charge in [0, 0.05) is 56.1 Å². The largest absolute Gasteiger partial charge is 0.490 e. The number of amides is 5. The smallest absolute Gasteiger partial charge is 0.387 e. The van der Waals surface area contributed by atoms with Crippen molar-refractivity contribution in [1.29, 1.82) is 0 Å². The molecule has 0 radical (unpaired) electrons. The number of fused-ring (bicyclic) bond motifs is 1. The molecule has 3 aliphatic heterocycles. The molecule has 9 atom stereocenters. The maximum atomic E-state index is 12.5. The molecule has 5 amide bonds. The lowest BCUT2D eigenvalue weighted by Gasteiger charge is -2.19. The van der Waals surface area contributed by atoms with Gasteiger partial charge in [-0.05, 0) is 111 Å². The van der Waals surface area contributed by atoms with Crippen molar-refractivity contribution in [2.75, 3.05) is 111 Å². The van der Waals surface area contributed by atoms with Crippen molar-refractivity contribution in [2.24, 2.45) is 0 Å². The van der Waals surface area contributed by atoms with Gasteiger partial charge in [0.15, 0.2) is 6.23 Å². The van der Waals surface area contributed by atoms with E-state index in [1.165, 1.54) is 90.7 Å². The van der Waals surface area contributed by atoms with E-state index in [1.807, 2.05) is 16.7 Å². The molecule has 1 aromatic rings. The zero-order chi connectivity index (χ0) is 68.5. The van der Waals surface area contributed by atoms with Crippen LogP contribution >= 0.6 is 35.2 Å². The number of aliphatic hydroxyl groups is 2. The van der Waals surface area contributed by atoms with Gasteiger partial charge in [0.1, 0.15) is 18.3 Å². The highest BCUT2D eigenvalue weighted by atomic mass is 32.2. The number of urea groups is 1. The number of aromatic amines is 1. The fourth-order valence-electron chi connectivity index (χ4n) is 9.25. The number of aliphatic hydroxyl groups excluding tert-OH is 2. The molecule has 0 bridgehead atoms. The van der Waals surface area contributed by atoms with Crippen LogP contribution in [-0.2, 0) is 46.0 Å². The van der Waals surface area contributed by atoms with E-state index in [0.29, 0.717) is 42.0 Å². The van der Waals surface area contributed by atoms with Crippen molar-refractivity contribution in [3.8, 4) is 0 Å². The van der Waals surface area contributed by atoms with Crippen LogP contribution in [-0.4, -0.2) is 229 Å². The SMILES string of the molecule is CCN(CC)CC.CCN(CC)CC.CCN(CC)CC.CCN(CC)CC.O=C(CCCNC(=O)CCCCCNC(=O)CCCC[C@H]1SC[C@H]2NC(=O)N[C@H]21)NC/C=C/c1cn([C@@H]2O[C@H](COP(=O)(O)OP(=O)(O)OP(=O)(O)O)[C@@H](O)[C@H]2O)c(=O)[nH]c1=O. The summed E-state index contributed by atoms with van der Waals surface area (Å²) in [6.45, 7) is 40.1. The summed E-state index contributed by atoms with van der Waals surface area (Å²) in [7, 11) is -17.1. The Kier molecular flexibility index (Phi) is 46.5. The number of H-pyrrole nitrogens is 1. The highest BCUT2D eigenvalue weighted by Crippen LogP contribution is 2.66. The first-order valence-corrected chi connectivity index (χ1v) is 37.3. The monoisotopic (exact) mass is 1370 g/mol. The van der Waals surface area contributed by atoms with Crippen molar-refractivity contribution >= 4 is 65.1 Å². The molecule has 4 rings (SSSR count). The Morgan fingerprint density at radius 1 is 0.633 bits per heavy atom. The van der Waals surface area contributed by atoms with E-state index in [-0.39, 0.29) is 60.9 Å². The number of aromatic nitrogens is 2. The van der Waals surface area contributed by atoms with Gasteiger partial charge in [0.25, 0.3) is 5.56 Å². The van der Waals surface area contributed by atoms with Crippen molar-refractivity contribution < 1.29 is 80.5 Å². The lowest BCUT2D eigenvalue weighted by molar-refractivity contribution is -0.122. The Balaban J connectivity index is 0.00000232. The van der Waals surface area contributed by atoms with Gasteiger partial charge in [-0.25, -0.2) is 23.3 Å². The molecule has 12 N–H and O–H groups in total. The van der Waals surface area contributed by atoms with Gasteiger partial charge < -0.3 is 80.7 Å². The molecule has 0 aromatic carbocycles. The molecule has 0 saturated carbocycles. The molecule has 34 heteroatoms. The summed E-state index contributed by atoms with van der Waals surface area (Å²) in [6, 6.07) is 0.245. The minimum absolute atomic E-state index is 0.00370. The van der Waals surface area contributed by atoms with Crippen molar-refractivity contribution in [1.82, 2.24) is 55.7 Å². The molecule has 1 aromatic heterocycles. The van der Waals surface area contributed by atoms with E-state index >= 15 is 0 Å². The van der Waals surface area contributed by atoms with Gasteiger partial charge in [-0.2, -0.15) is 20.4 Å². The van der Waals surface area contributed by atoms with E-state index < -0.39 is 65.9 Å². The summed E-state index contributed by atoms with van der Waals surface area (Å²) in [6.07, 6.45) is 2.29. The highest BCUT2D eigenvalue weighted by Gasteiger charge is 2.47. The number of rotatable bonds is 38. The van der Waals surface area contributed by atoms with Gasteiger partial charge in [0.05, 0.1) is 24.3 Å². The molecule has 526 valence electrons. The molecule has 3 saturated heterocycles. The third-order valence-electron chi connectivity index (χ3n) is 14.9. The quantitative estimate of drug-likeness (QED) is 0.0249. The predicted molar refractivity (Wildman–Crippen MR) is 351 cm³/mol. The molecule has 4 heterocycles. The molecule has 0 aliphatic carbocycles. The Labute approximate surface area is 537 Å². The third-order valence-corrected chi connectivity index (χ3v) is 20.2. The van der Waals surface area contributed by atoms with E-state index in [1.54, 1.807) is 0 Å². The van der Waals surface area contributed by atoms with Gasteiger partial charge >= 0.3 is 35.2 Å². The number of hydrogen-bond donors (Lipinski definition) is 12. The number of thioether (sulfide) groups is 1. The summed E-state index contributed by atoms with van der Waals surface area (Å²) in [5, 5.41) is 35.4. The Hall–Kier alpha value is -3.42. The number of nitrogens with one attached hydrogen (secondary N) is 6. The van der Waals surface area contributed by atoms with Crippen LogP contribution in [0.15, 0.2) is 21.9 Å². The predicted octanol–water partition coefficient (Wildman–Crippen LogP) is 4.32. The molecule has 3 fully saturated rings. The fourth-order valence-corrected chi connectivity index (χ4v) is 13.8. The second-order valence-electron chi connectivity index (χ2n) is 20.9. The van der Waals surface area contributed by atoms with Crippen molar-refractivity contribution in [3.63, 3.8) is 0 Å². The Morgan fingerprint density at radius 3 is 1.58 bits per heavy atom. The van der Waals surface area contributed by atoms with Gasteiger partial charge in [0.2, 0.25) is 17.7 Å². The molecular weight excluding hydrogens is 1260 g/mol. The average molecular weight is 1370 g/mol. The van der Waals surface area contributed by atoms with Gasteiger partial charge in [-0.3, -0.25) is 33.3 Å². The lowest BCUT2D eigenvalue weighted by atomic mass is 10.0. The second kappa shape index (κ2) is 48.3. The maximum Gasteiger partial charge on any atom is 0.490 e. The summed E-state index contributed by atoms with van der Waals surface area (Å²) in [5.74, 6) is 0.388. The number of nitrogens with zero attached hydrogens (tertiary/aromatic N) is 5. The summed E-state index contributed by atoms with van der Waals surface area (Å²) in [4.78, 5) is 121. The van der Waals surface area contributed by atoms with Crippen molar-refractivity contribution in [3.05, 3.63) is 38.7 Å². The van der Waals surface area contributed by atoms with Gasteiger partial charge in [-0.15, -0.1) is 0 Å². The number of phosphoric acid groups is 3. The zero-order valence-corrected chi connectivity index (χ0v) is 58.8. The number of carbonyl (C=O) groups is 4. The van der Waals surface area contributed by atoms with E-state index in [0.717, 1.165) is 44.1 Å². The number of unbranched alkanes of at least 4 members (excludes halogenated alkanes) is 3. The molecule has 90 heavy (non-hydrogen) atoms. The minimum Gasteiger partial charge on any atom is -0.387 e. The average Bonchev–Trinajstić information content (AvgIpc) is 1.63. The van der Waals surface area contributed by atoms with Crippen LogP contribution in [0, 0.1) is 0 Å². The molecular formula is C56H112N11O19P3S. The number of phosphoric ester groups is 1. The Morgan fingerprint density at radius 2 is 1.10 bits per heavy atom. The Bertz CT molecular complexity index is 2400.